The molecule has 0 radical (unpaired) electrons. The monoisotopic (exact) mass is 1500 g/mol. The van der Waals surface area contributed by atoms with Gasteiger partial charge in [-0.1, -0.05) is 71.8 Å². The molecule has 14 aromatic rings. The smallest absolute Gasteiger partial charge is 0.374 e. The zero-order valence-electron chi connectivity index (χ0n) is 61.7. The van der Waals surface area contributed by atoms with Gasteiger partial charge in [0, 0.05) is 48.3 Å². The molecule has 5 aromatic heterocycles. The first-order chi connectivity index (χ1) is 51.5. The van der Waals surface area contributed by atoms with Crippen molar-refractivity contribution in [3.63, 3.8) is 0 Å². The standard InChI is InChI=1S/C16H12O3.C16H14O2.C15H12O3.C15H12O2S.C9H8N2O2S.C7H8N2O2.C6H7N3O2/c1-8-3-4-10-12-7-11(16(18)19)9(2)6-14(12)15(17)13(10)5-8;1-9-3-4-13-11(5-9)7-12-6-10(2)14(16(17)18)8-15(12)13;2*1-8-3-4-10-12-7-11(15(16)17)9(2)6-14(12)18-13(10)5-8;1-4-3-6(9(12)13)5(2)8-7(4)10-14-11-8;1-4-3-8-5(2)6(9-4)7(10)11;1-3-7-4(2)9-5(8-3)6(10)11/h3-7H,1-2H3,(H,18,19);3-6,8H,7H2,1-2H3,(H,17,18);2*3-7H,1-2H3,(H,16,17);3H,1-2H3,(H,12,13);3H,1-2H3,(H,10,11);1-2H3,(H,10,11). The number of carboxylic acid groups (broad SMARTS) is 7. The first-order valence-electron chi connectivity index (χ1n) is 33.7. The van der Waals surface area contributed by atoms with Crippen molar-refractivity contribution in [3.05, 3.63) is 274 Å². The summed E-state index contributed by atoms with van der Waals surface area (Å²) in [5.74, 6) is -6.02. The molecule has 0 bridgehead atoms. The predicted octanol–water partition coefficient (Wildman–Crippen LogP) is 18.0. The molecule has 0 atom stereocenters. The Morgan fingerprint density at radius 1 is 0.376 bits per heavy atom. The Labute approximate surface area is 631 Å². The fourth-order valence-corrected chi connectivity index (χ4v) is 14.7. The van der Waals surface area contributed by atoms with E-state index in [9.17, 15) is 48.6 Å². The van der Waals surface area contributed by atoms with Gasteiger partial charge >= 0.3 is 41.8 Å². The van der Waals surface area contributed by atoms with E-state index < -0.39 is 41.8 Å². The largest absolute Gasteiger partial charge is 0.478 e. The van der Waals surface area contributed by atoms with Crippen LogP contribution in [0.1, 0.15) is 179 Å². The minimum Gasteiger partial charge on any atom is -0.478 e. The molecule has 0 spiro atoms. The molecule has 0 aliphatic heterocycles. The SMILES string of the molecule is Cc1cc(C(=O)O)c(C)c2nsnc12.Cc1ccc2c(c1)C(=O)c1cc(C)c(C(=O)O)cc1-2.Cc1ccc2c(c1)Cc1cc(C)c(C(=O)O)cc1-2.Cc1ccc2c(c1)oc1cc(C)c(C(=O)O)cc12.Cc1ccc2c(c1)sc1cc(C)c(C(=O)O)cc12.Cc1cnc(C)c(C(=O)O)n1.Cc1nc(C)nc(C(=O)O)n1. The first-order valence-corrected chi connectivity index (χ1v) is 35.3. The molecule has 0 amide bonds. The van der Waals surface area contributed by atoms with Gasteiger partial charge in [-0.3, -0.25) is 9.78 Å². The van der Waals surface area contributed by atoms with E-state index in [-0.39, 0.29) is 22.9 Å². The quantitative estimate of drug-likeness (QED) is 0.0779. The van der Waals surface area contributed by atoms with Gasteiger partial charge in [-0.15, -0.1) is 11.3 Å². The Balaban J connectivity index is 0.000000137. The van der Waals surface area contributed by atoms with Crippen LogP contribution < -0.4 is 0 Å². The number of thiophene rings is 1. The summed E-state index contributed by atoms with van der Waals surface area (Å²) < 4.78 is 16.3. The van der Waals surface area contributed by atoms with Crippen LogP contribution in [0.25, 0.3) is 75.4 Å². The van der Waals surface area contributed by atoms with E-state index in [0.29, 0.717) is 78.6 Å². The molecule has 25 heteroatoms. The lowest BCUT2D eigenvalue weighted by atomic mass is 9.98. The Morgan fingerprint density at radius 2 is 0.862 bits per heavy atom. The molecule has 0 fully saturated rings. The number of rotatable bonds is 7. The number of carboxylic acids is 7. The third-order valence-corrected chi connectivity index (χ3v) is 19.8. The van der Waals surface area contributed by atoms with E-state index >= 15 is 0 Å². The topological polar surface area (TPSA) is 382 Å². The number of nitrogens with zero attached hydrogens (tertiary/aromatic N) is 7. The van der Waals surface area contributed by atoms with E-state index in [1.807, 2.05) is 89.2 Å². The summed E-state index contributed by atoms with van der Waals surface area (Å²) in [6.45, 7) is 25.5. The van der Waals surface area contributed by atoms with Crippen LogP contribution >= 0.6 is 23.1 Å². The Kier molecular flexibility index (Phi) is 23.3. The van der Waals surface area contributed by atoms with Gasteiger partial charge in [0.2, 0.25) is 5.82 Å². The highest BCUT2D eigenvalue weighted by Crippen LogP contribution is 2.41. The minimum atomic E-state index is -1.13. The predicted molar refractivity (Wildman–Crippen MR) is 417 cm³/mol. The van der Waals surface area contributed by atoms with Crippen LogP contribution in [0.5, 0.6) is 0 Å². The Bertz CT molecular complexity index is 5980. The maximum Gasteiger partial charge on any atom is 0.374 e. The summed E-state index contributed by atoms with van der Waals surface area (Å²) in [7, 11) is 0. The Hall–Kier alpha value is -13.1. The number of carbonyl (C=O) groups is 8. The fourth-order valence-electron chi connectivity index (χ4n) is 12.7. The summed E-state index contributed by atoms with van der Waals surface area (Å²) in [5.41, 5.74) is 22.6. The molecule has 552 valence electrons. The maximum atomic E-state index is 12.3. The summed E-state index contributed by atoms with van der Waals surface area (Å²) in [6, 6.07) is 40.2. The molecule has 0 saturated carbocycles. The van der Waals surface area contributed by atoms with E-state index in [0.717, 1.165) is 106 Å². The number of fused-ring (bicyclic) bond motifs is 13. The first kappa shape index (κ1) is 78.5. The normalized spacial score (nSPS) is 11.2. The van der Waals surface area contributed by atoms with Crippen molar-refractivity contribution in [2.45, 2.75) is 103 Å². The maximum absolute atomic E-state index is 12.3. The van der Waals surface area contributed by atoms with Gasteiger partial charge in [-0.2, -0.15) is 8.75 Å². The molecule has 109 heavy (non-hydrogen) atoms. The van der Waals surface area contributed by atoms with Crippen LogP contribution in [0.3, 0.4) is 0 Å². The second-order valence-corrected chi connectivity index (χ2v) is 28.1. The van der Waals surface area contributed by atoms with Gasteiger partial charge in [-0.05, 0) is 248 Å². The zero-order valence-corrected chi connectivity index (χ0v) is 63.3. The zero-order chi connectivity index (χ0) is 79.5. The third-order valence-electron chi connectivity index (χ3n) is 18.1. The average molecular weight is 1500 g/mol. The highest BCUT2D eigenvalue weighted by Gasteiger charge is 2.29. The molecular formula is C84H73N7O16S2. The molecule has 9 aromatic carbocycles. The summed E-state index contributed by atoms with van der Waals surface area (Å²) >= 11 is 2.83. The molecule has 16 rings (SSSR count). The number of aromatic nitrogens is 7. The summed E-state index contributed by atoms with van der Waals surface area (Å²) in [5, 5.41) is 66.7. The van der Waals surface area contributed by atoms with Crippen LogP contribution in [0, 0.1) is 96.9 Å². The van der Waals surface area contributed by atoms with Crippen LogP contribution in [0.4, 0.5) is 0 Å². The number of carbonyl (C=O) groups excluding carboxylic acids is 1. The number of hydrogen-bond donors (Lipinski definition) is 7. The van der Waals surface area contributed by atoms with E-state index in [1.54, 1.807) is 102 Å². The van der Waals surface area contributed by atoms with Crippen LogP contribution in [-0.2, 0) is 6.42 Å². The summed E-state index contributed by atoms with van der Waals surface area (Å²) in [6.07, 6.45) is 2.45. The number of aromatic carboxylic acids is 7. The molecule has 7 N–H and O–H groups in total. The van der Waals surface area contributed by atoms with Crippen molar-refractivity contribution in [1.29, 1.82) is 0 Å². The highest BCUT2D eigenvalue weighted by molar-refractivity contribution is 7.25. The lowest BCUT2D eigenvalue weighted by Gasteiger charge is -2.06. The van der Waals surface area contributed by atoms with E-state index in [4.69, 9.17) is 29.9 Å². The summed E-state index contributed by atoms with van der Waals surface area (Å²) in [4.78, 5) is 107. The molecule has 2 aliphatic rings. The number of furan rings is 1. The minimum absolute atomic E-state index is 0.0197. The average Bonchev–Trinajstić information content (AvgIpc) is 1.62. The van der Waals surface area contributed by atoms with Gasteiger partial charge in [0.1, 0.15) is 33.8 Å². The molecule has 23 nitrogen and oxygen atoms in total. The lowest BCUT2D eigenvalue weighted by Crippen LogP contribution is -2.08. The van der Waals surface area contributed by atoms with Crippen LogP contribution in [-0.4, -0.2) is 117 Å². The highest BCUT2D eigenvalue weighted by atomic mass is 32.1. The van der Waals surface area contributed by atoms with Crippen molar-refractivity contribution < 1.29 is 78.5 Å². The molecule has 5 heterocycles. The van der Waals surface area contributed by atoms with Crippen molar-refractivity contribution in [3.8, 4) is 22.3 Å². The van der Waals surface area contributed by atoms with Crippen LogP contribution in [0.15, 0.2) is 138 Å². The second-order valence-electron chi connectivity index (χ2n) is 26.4. The van der Waals surface area contributed by atoms with Crippen molar-refractivity contribution >= 4 is 124 Å². The molecular weight excluding hydrogens is 1430 g/mol. The van der Waals surface area contributed by atoms with Gasteiger partial charge in [-0.25, -0.2) is 53.5 Å². The van der Waals surface area contributed by atoms with Crippen LogP contribution in [0.2, 0.25) is 0 Å². The molecule has 0 saturated heterocycles. The van der Waals surface area contributed by atoms with Gasteiger partial charge in [0.25, 0.3) is 0 Å². The van der Waals surface area contributed by atoms with Gasteiger partial charge < -0.3 is 40.2 Å². The number of aryl methyl sites for hydroxylation is 14. The third kappa shape index (κ3) is 17.2. The molecule has 0 unspecified atom stereocenters. The van der Waals surface area contributed by atoms with Crippen molar-refractivity contribution in [1.82, 2.24) is 33.7 Å². The lowest BCUT2D eigenvalue weighted by molar-refractivity contribution is 0.0673. The van der Waals surface area contributed by atoms with E-state index in [1.165, 1.54) is 32.5 Å². The molecule has 2 aliphatic carbocycles. The fraction of sp³-hybridized carbons (Fsp3) is 0.179. The van der Waals surface area contributed by atoms with Gasteiger partial charge in [0.05, 0.1) is 50.9 Å². The number of benzene rings is 9. The van der Waals surface area contributed by atoms with Crippen molar-refractivity contribution in [2.75, 3.05) is 0 Å². The number of ketones is 1. The van der Waals surface area contributed by atoms with E-state index in [2.05, 4.69) is 83.9 Å². The number of hydrogen-bond acceptors (Lipinski definition) is 18. The van der Waals surface area contributed by atoms with Gasteiger partial charge in [0.15, 0.2) is 11.5 Å². The Morgan fingerprint density at radius 3 is 1.47 bits per heavy atom. The second kappa shape index (κ2) is 32.3. The van der Waals surface area contributed by atoms with Crippen molar-refractivity contribution in [2.24, 2.45) is 0 Å².